The Labute approximate surface area is 101 Å². The molecule has 0 aromatic heterocycles. The van der Waals surface area contributed by atoms with Crippen LogP contribution in [0.25, 0.3) is 0 Å². The van der Waals surface area contributed by atoms with E-state index in [4.69, 9.17) is 10.6 Å². The Hall–Kier alpha value is -0.120. The molecule has 16 heavy (non-hydrogen) atoms. The Morgan fingerprint density at radius 3 is 1.88 bits per heavy atom. The predicted octanol–water partition coefficient (Wildman–Crippen LogP) is 2.85. The molecular weight excluding hydrogens is 200 g/mol. The Morgan fingerprint density at radius 1 is 1.12 bits per heavy atom. The van der Waals surface area contributed by atoms with Gasteiger partial charge in [-0.1, -0.05) is 40.5 Å². The number of hydrogen-bond donors (Lipinski definition) is 2. The molecule has 0 fully saturated rings. The molecular formula is C13H30N2O. The fourth-order valence-electron chi connectivity index (χ4n) is 2.56. The first-order valence-corrected chi connectivity index (χ1v) is 6.65. The van der Waals surface area contributed by atoms with Crippen LogP contribution in [0.3, 0.4) is 0 Å². The van der Waals surface area contributed by atoms with Crippen LogP contribution < -0.4 is 11.3 Å². The normalized spacial score (nSPS) is 14.4. The molecule has 0 aliphatic rings. The first kappa shape index (κ1) is 15.9. The van der Waals surface area contributed by atoms with Crippen LogP contribution in [-0.4, -0.2) is 18.8 Å². The Morgan fingerprint density at radius 2 is 1.62 bits per heavy atom. The number of nitrogens with two attached hydrogens (primary N) is 1. The van der Waals surface area contributed by atoms with Gasteiger partial charge in [-0.3, -0.25) is 11.3 Å². The van der Waals surface area contributed by atoms with Gasteiger partial charge in [-0.05, 0) is 25.2 Å². The molecule has 0 heterocycles. The Balaban J connectivity index is 4.66. The molecule has 0 spiro atoms. The van der Waals surface area contributed by atoms with Crippen LogP contribution in [0.4, 0.5) is 0 Å². The molecule has 3 N–H and O–H groups in total. The zero-order valence-electron chi connectivity index (χ0n) is 11.7. The fraction of sp³-hybridized carbons (Fsp3) is 1.00. The van der Waals surface area contributed by atoms with Gasteiger partial charge in [0.1, 0.15) is 0 Å². The van der Waals surface area contributed by atoms with Crippen molar-refractivity contribution in [1.82, 2.24) is 5.43 Å². The van der Waals surface area contributed by atoms with Gasteiger partial charge in [0.25, 0.3) is 0 Å². The average molecular weight is 230 g/mol. The number of rotatable bonds is 9. The van der Waals surface area contributed by atoms with Crippen molar-refractivity contribution in [3.05, 3.63) is 0 Å². The number of nitrogens with one attached hydrogen (secondary N) is 1. The van der Waals surface area contributed by atoms with Crippen molar-refractivity contribution in [2.45, 2.75) is 71.4 Å². The SMILES string of the molecule is CCC(CC)CC(NN)C(CC)(CC)OC. The van der Waals surface area contributed by atoms with Crippen molar-refractivity contribution < 1.29 is 4.74 Å². The molecule has 0 amide bonds. The van der Waals surface area contributed by atoms with Gasteiger partial charge in [-0.25, -0.2) is 0 Å². The fourth-order valence-corrected chi connectivity index (χ4v) is 2.56. The van der Waals surface area contributed by atoms with E-state index >= 15 is 0 Å². The molecule has 0 radical (unpaired) electrons. The molecule has 0 aromatic carbocycles. The third-order valence-corrected chi connectivity index (χ3v) is 4.16. The molecule has 0 saturated heterocycles. The van der Waals surface area contributed by atoms with E-state index in [0.717, 1.165) is 25.2 Å². The second kappa shape index (κ2) is 8.04. The van der Waals surface area contributed by atoms with Gasteiger partial charge in [0.05, 0.1) is 11.6 Å². The van der Waals surface area contributed by atoms with Crippen molar-refractivity contribution in [3.8, 4) is 0 Å². The lowest BCUT2D eigenvalue weighted by Gasteiger charge is -2.39. The first-order valence-electron chi connectivity index (χ1n) is 6.65. The monoisotopic (exact) mass is 230 g/mol. The average Bonchev–Trinajstić information content (AvgIpc) is 2.35. The lowest BCUT2D eigenvalue weighted by atomic mass is 9.81. The highest BCUT2D eigenvalue weighted by Crippen LogP contribution is 2.29. The van der Waals surface area contributed by atoms with Crippen LogP contribution in [0.2, 0.25) is 0 Å². The summed E-state index contributed by atoms with van der Waals surface area (Å²) in [4.78, 5) is 0. The largest absolute Gasteiger partial charge is 0.377 e. The molecule has 3 heteroatoms. The van der Waals surface area contributed by atoms with E-state index in [1.807, 2.05) is 0 Å². The highest BCUT2D eigenvalue weighted by atomic mass is 16.5. The topological polar surface area (TPSA) is 47.3 Å². The van der Waals surface area contributed by atoms with E-state index < -0.39 is 0 Å². The van der Waals surface area contributed by atoms with E-state index in [9.17, 15) is 0 Å². The van der Waals surface area contributed by atoms with Gasteiger partial charge in [-0.2, -0.15) is 0 Å². The predicted molar refractivity (Wildman–Crippen MR) is 70.1 cm³/mol. The van der Waals surface area contributed by atoms with Crippen molar-refractivity contribution in [1.29, 1.82) is 0 Å². The van der Waals surface area contributed by atoms with E-state index in [2.05, 4.69) is 33.1 Å². The number of hydrazine groups is 1. The summed E-state index contributed by atoms with van der Waals surface area (Å²) in [5.74, 6) is 6.44. The van der Waals surface area contributed by atoms with Crippen LogP contribution in [0.5, 0.6) is 0 Å². The molecule has 1 atom stereocenters. The quantitative estimate of drug-likeness (QED) is 0.473. The minimum atomic E-state index is -0.114. The van der Waals surface area contributed by atoms with Gasteiger partial charge in [-0.15, -0.1) is 0 Å². The summed E-state index contributed by atoms with van der Waals surface area (Å²) in [6.07, 6.45) is 5.51. The minimum absolute atomic E-state index is 0.114. The lowest BCUT2D eigenvalue weighted by molar-refractivity contribution is -0.0534. The Kier molecular flexibility index (Phi) is 7.98. The van der Waals surface area contributed by atoms with Crippen LogP contribution in [-0.2, 0) is 4.74 Å². The van der Waals surface area contributed by atoms with Crippen molar-refractivity contribution in [2.75, 3.05) is 7.11 Å². The summed E-state index contributed by atoms with van der Waals surface area (Å²) >= 11 is 0. The molecule has 98 valence electrons. The molecule has 1 unspecified atom stereocenters. The van der Waals surface area contributed by atoms with Gasteiger partial charge >= 0.3 is 0 Å². The van der Waals surface area contributed by atoms with Gasteiger partial charge < -0.3 is 4.74 Å². The van der Waals surface area contributed by atoms with E-state index in [1.165, 1.54) is 12.8 Å². The summed E-state index contributed by atoms with van der Waals surface area (Å²) in [5.41, 5.74) is 2.86. The van der Waals surface area contributed by atoms with Crippen molar-refractivity contribution >= 4 is 0 Å². The number of methoxy groups -OCH3 is 1. The maximum Gasteiger partial charge on any atom is 0.0839 e. The molecule has 0 saturated carbocycles. The van der Waals surface area contributed by atoms with Gasteiger partial charge in [0, 0.05) is 7.11 Å². The van der Waals surface area contributed by atoms with Crippen LogP contribution in [0.1, 0.15) is 59.8 Å². The zero-order chi connectivity index (χ0) is 12.6. The lowest BCUT2D eigenvalue weighted by Crippen LogP contribution is -2.54. The highest BCUT2D eigenvalue weighted by Gasteiger charge is 2.35. The van der Waals surface area contributed by atoms with E-state index in [-0.39, 0.29) is 11.6 Å². The molecule has 0 rings (SSSR count). The van der Waals surface area contributed by atoms with Crippen LogP contribution >= 0.6 is 0 Å². The Bertz CT molecular complexity index is 157. The van der Waals surface area contributed by atoms with Crippen molar-refractivity contribution in [2.24, 2.45) is 11.8 Å². The number of ether oxygens (including phenoxy) is 1. The van der Waals surface area contributed by atoms with Crippen LogP contribution in [0, 0.1) is 5.92 Å². The third-order valence-electron chi connectivity index (χ3n) is 4.16. The van der Waals surface area contributed by atoms with Gasteiger partial charge in [0.2, 0.25) is 0 Å². The summed E-state index contributed by atoms with van der Waals surface area (Å²) in [7, 11) is 1.80. The highest BCUT2D eigenvalue weighted by molar-refractivity contribution is 4.91. The number of hydrogen-bond acceptors (Lipinski definition) is 3. The standard InChI is InChI=1S/C13H30N2O/c1-6-11(7-2)10-12(15-14)13(8-3,9-4)16-5/h11-12,15H,6-10,14H2,1-5H3. The molecule has 3 nitrogen and oxygen atoms in total. The minimum Gasteiger partial charge on any atom is -0.377 e. The van der Waals surface area contributed by atoms with Gasteiger partial charge in [0.15, 0.2) is 0 Å². The smallest absolute Gasteiger partial charge is 0.0839 e. The second-order valence-electron chi connectivity index (χ2n) is 4.61. The van der Waals surface area contributed by atoms with E-state index in [1.54, 1.807) is 7.11 Å². The second-order valence-corrected chi connectivity index (χ2v) is 4.61. The molecule has 0 aromatic rings. The summed E-state index contributed by atoms with van der Waals surface area (Å²) < 4.78 is 5.74. The van der Waals surface area contributed by atoms with Crippen molar-refractivity contribution in [3.63, 3.8) is 0 Å². The summed E-state index contributed by atoms with van der Waals surface area (Å²) in [6, 6.07) is 0.248. The third kappa shape index (κ3) is 3.72. The zero-order valence-corrected chi connectivity index (χ0v) is 11.7. The summed E-state index contributed by atoms with van der Waals surface area (Å²) in [6.45, 7) is 8.83. The maximum absolute atomic E-state index is 5.74. The molecule has 0 aliphatic carbocycles. The summed E-state index contributed by atoms with van der Waals surface area (Å²) in [5, 5.41) is 0. The maximum atomic E-state index is 5.74. The van der Waals surface area contributed by atoms with Crippen LogP contribution in [0.15, 0.2) is 0 Å². The molecule has 0 aliphatic heterocycles. The molecule has 0 bridgehead atoms. The van der Waals surface area contributed by atoms with E-state index in [0.29, 0.717) is 0 Å². The first-order chi connectivity index (χ1) is 7.63.